The zero-order valence-corrected chi connectivity index (χ0v) is 15.6. The minimum absolute atomic E-state index is 0.115. The highest BCUT2D eigenvalue weighted by molar-refractivity contribution is 7.90. The van der Waals surface area contributed by atoms with Crippen molar-refractivity contribution in [2.24, 2.45) is 0 Å². The summed E-state index contributed by atoms with van der Waals surface area (Å²) in [7, 11) is -0.923. The highest BCUT2D eigenvalue weighted by atomic mass is 32.2. The third-order valence-electron chi connectivity index (χ3n) is 3.15. The number of rotatable bonds is 7. The molecule has 1 N–H and O–H groups in total. The van der Waals surface area contributed by atoms with Crippen LogP contribution in [0.2, 0.25) is 0 Å². The molecule has 0 bridgehead atoms. The average molecular weight is 333 g/mol. The molecule has 0 aliphatic carbocycles. The van der Waals surface area contributed by atoms with Gasteiger partial charge in [0.1, 0.15) is 9.84 Å². The molecule has 1 heterocycles. The Bertz CT molecular complexity index is 557. The number of hydrogen-bond donors (Lipinski definition) is 1. The fraction of sp³-hybridized carbons (Fsp3) is 0.733. The van der Waals surface area contributed by atoms with E-state index in [1.807, 2.05) is 18.4 Å². The van der Waals surface area contributed by atoms with Gasteiger partial charge in [0.05, 0.1) is 5.75 Å². The van der Waals surface area contributed by atoms with Crippen LogP contribution in [-0.4, -0.2) is 44.5 Å². The van der Waals surface area contributed by atoms with E-state index in [1.54, 1.807) is 0 Å². The number of nitrogens with zero attached hydrogens (tertiary/aromatic N) is 1. The minimum atomic E-state index is -2.89. The topological polar surface area (TPSA) is 49.4 Å². The molecule has 0 saturated carbocycles. The molecular formula is C15H28N2O2S2. The first-order valence-corrected chi connectivity index (χ1v) is 10.0. The van der Waals surface area contributed by atoms with Crippen LogP contribution in [0.4, 0.5) is 0 Å². The molecule has 0 aromatic carbocycles. The molecule has 0 radical (unpaired) electrons. The van der Waals surface area contributed by atoms with Crippen molar-refractivity contribution in [3.8, 4) is 0 Å². The molecule has 1 rings (SSSR count). The molecule has 4 nitrogen and oxygen atoms in total. The van der Waals surface area contributed by atoms with E-state index in [4.69, 9.17) is 0 Å². The van der Waals surface area contributed by atoms with E-state index >= 15 is 0 Å². The van der Waals surface area contributed by atoms with Gasteiger partial charge in [-0.3, -0.25) is 0 Å². The Labute approximate surface area is 133 Å². The summed E-state index contributed by atoms with van der Waals surface area (Å²) in [5.74, 6) is 0.213. The fourth-order valence-electron chi connectivity index (χ4n) is 1.88. The summed E-state index contributed by atoms with van der Waals surface area (Å²) in [5.41, 5.74) is 1.41. The molecule has 122 valence electrons. The van der Waals surface area contributed by atoms with Crippen molar-refractivity contribution in [1.29, 1.82) is 0 Å². The molecule has 0 atom stereocenters. The van der Waals surface area contributed by atoms with Crippen LogP contribution in [0.15, 0.2) is 6.07 Å². The molecule has 0 spiro atoms. The molecule has 0 aliphatic rings. The number of hydrogen-bond acceptors (Lipinski definition) is 5. The first kappa shape index (κ1) is 18.6. The maximum Gasteiger partial charge on any atom is 0.148 e. The number of nitrogens with one attached hydrogen (secondary N) is 1. The molecule has 1 aromatic heterocycles. The highest BCUT2D eigenvalue weighted by Gasteiger charge is 2.13. The Balaban J connectivity index is 2.58. The van der Waals surface area contributed by atoms with Gasteiger partial charge in [-0.1, -0.05) is 0 Å². The van der Waals surface area contributed by atoms with Crippen LogP contribution in [0, 0.1) is 6.92 Å². The Hall–Kier alpha value is -0.430. The van der Waals surface area contributed by atoms with Gasteiger partial charge in [0.15, 0.2) is 0 Å². The second kappa shape index (κ2) is 7.22. The summed E-state index contributed by atoms with van der Waals surface area (Å²) in [4.78, 5) is 4.71. The first-order chi connectivity index (χ1) is 9.46. The maximum atomic E-state index is 11.2. The molecule has 6 heteroatoms. The van der Waals surface area contributed by atoms with Crippen molar-refractivity contribution >= 4 is 21.2 Å². The largest absolute Gasteiger partial charge is 0.307 e. The van der Waals surface area contributed by atoms with Crippen LogP contribution in [0.5, 0.6) is 0 Å². The standard InChI is InChI=1S/C15H28N2O2S2/c1-12-13(11-17(5)7-8-21(6,18)19)9-14(20-12)10-16-15(2,3)4/h9,16H,7-8,10-11H2,1-6H3. The monoisotopic (exact) mass is 332 g/mol. The predicted octanol–water partition coefficient (Wildman–Crippen LogP) is 2.42. The summed E-state index contributed by atoms with van der Waals surface area (Å²) in [6.07, 6.45) is 1.28. The zero-order valence-electron chi connectivity index (χ0n) is 14.0. The fourth-order valence-corrected chi connectivity index (χ4v) is 3.51. The normalized spacial score (nSPS) is 13.1. The van der Waals surface area contributed by atoms with Crippen molar-refractivity contribution in [2.75, 3.05) is 25.6 Å². The van der Waals surface area contributed by atoms with E-state index in [2.05, 4.69) is 44.0 Å². The Morgan fingerprint density at radius 1 is 1.33 bits per heavy atom. The smallest absolute Gasteiger partial charge is 0.148 e. The van der Waals surface area contributed by atoms with Crippen molar-refractivity contribution < 1.29 is 8.42 Å². The number of aryl methyl sites for hydroxylation is 1. The van der Waals surface area contributed by atoms with E-state index in [-0.39, 0.29) is 11.3 Å². The Kier molecular flexibility index (Phi) is 6.40. The quantitative estimate of drug-likeness (QED) is 0.833. The summed E-state index contributed by atoms with van der Waals surface area (Å²) in [5, 5.41) is 3.49. The molecule has 0 aliphatic heterocycles. The van der Waals surface area contributed by atoms with Crippen LogP contribution in [0.1, 0.15) is 36.1 Å². The summed E-state index contributed by atoms with van der Waals surface area (Å²) < 4.78 is 22.4. The first-order valence-electron chi connectivity index (χ1n) is 7.16. The van der Waals surface area contributed by atoms with Gasteiger partial charge in [-0.25, -0.2) is 8.42 Å². The Morgan fingerprint density at radius 3 is 2.48 bits per heavy atom. The second-order valence-electron chi connectivity index (χ2n) is 6.77. The van der Waals surface area contributed by atoms with Gasteiger partial charge >= 0.3 is 0 Å². The lowest BCUT2D eigenvalue weighted by Crippen LogP contribution is -2.34. The molecule has 0 amide bonds. The molecule has 0 saturated heterocycles. The van der Waals surface area contributed by atoms with Gasteiger partial charge in [0.2, 0.25) is 0 Å². The lowest BCUT2D eigenvalue weighted by atomic mass is 10.1. The van der Waals surface area contributed by atoms with Gasteiger partial charge in [-0.15, -0.1) is 11.3 Å². The lowest BCUT2D eigenvalue weighted by molar-refractivity contribution is 0.346. The van der Waals surface area contributed by atoms with Crippen molar-refractivity contribution in [2.45, 2.75) is 46.3 Å². The van der Waals surface area contributed by atoms with Gasteiger partial charge in [0.25, 0.3) is 0 Å². The van der Waals surface area contributed by atoms with Crippen molar-refractivity contribution in [3.63, 3.8) is 0 Å². The third kappa shape index (κ3) is 7.95. The molecule has 0 fully saturated rings. The van der Waals surface area contributed by atoms with Gasteiger partial charge in [-0.05, 0) is 46.4 Å². The Morgan fingerprint density at radius 2 is 1.95 bits per heavy atom. The van der Waals surface area contributed by atoms with Crippen LogP contribution < -0.4 is 5.32 Å². The van der Waals surface area contributed by atoms with E-state index in [1.165, 1.54) is 21.6 Å². The molecule has 0 unspecified atom stereocenters. The van der Waals surface area contributed by atoms with E-state index in [0.717, 1.165) is 13.1 Å². The van der Waals surface area contributed by atoms with Gasteiger partial charge < -0.3 is 10.2 Å². The van der Waals surface area contributed by atoms with E-state index in [9.17, 15) is 8.42 Å². The molecular weight excluding hydrogens is 304 g/mol. The number of thiophene rings is 1. The highest BCUT2D eigenvalue weighted by Crippen LogP contribution is 2.23. The van der Waals surface area contributed by atoms with Gasteiger partial charge in [0, 0.05) is 41.2 Å². The zero-order chi connectivity index (χ0) is 16.3. The summed E-state index contributed by atoms with van der Waals surface area (Å²) >= 11 is 1.81. The van der Waals surface area contributed by atoms with E-state index < -0.39 is 9.84 Å². The maximum absolute atomic E-state index is 11.2. The molecule has 21 heavy (non-hydrogen) atoms. The summed E-state index contributed by atoms with van der Waals surface area (Å²) in [6.45, 7) is 10.9. The SMILES string of the molecule is Cc1sc(CNC(C)(C)C)cc1CN(C)CCS(C)(=O)=O. The van der Waals surface area contributed by atoms with Crippen molar-refractivity contribution in [1.82, 2.24) is 10.2 Å². The van der Waals surface area contributed by atoms with Crippen LogP contribution >= 0.6 is 11.3 Å². The van der Waals surface area contributed by atoms with Crippen LogP contribution in [-0.2, 0) is 22.9 Å². The van der Waals surface area contributed by atoms with E-state index in [0.29, 0.717) is 6.54 Å². The molecule has 1 aromatic rings. The van der Waals surface area contributed by atoms with Gasteiger partial charge in [-0.2, -0.15) is 0 Å². The van der Waals surface area contributed by atoms with Crippen LogP contribution in [0.3, 0.4) is 0 Å². The summed E-state index contributed by atoms with van der Waals surface area (Å²) in [6, 6.07) is 2.23. The van der Waals surface area contributed by atoms with Crippen LogP contribution in [0.25, 0.3) is 0 Å². The number of sulfone groups is 1. The second-order valence-corrected chi connectivity index (χ2v) is 10.4. The van der Waals surface area contributed by atoms with Crippen molar-refractivity contribution in [3.05, 3.63) is 21.4 Å². The predicted molar refractivity (Wildman–Crippen MR) is 91.7 cm³/mol. The lowest BCUT2D eigenvalue weighted by Gasteiger charge is -2.19. The third-order valence-corrected chi connectivity index (χ3v) is 5.17. The average Bonchev–Trinajstić information content (AvgIpc) is 2.63. The minimum Gasteiger partial charge on any atom is -0.307 e.